The van der Waals surface area contributed by atoms with Crippen LogP contribution >= 0.6 is 0 Å². The minimum absolute atomic E-state index is 0.0183. The number of rotatable bonds is 5. The predicted molar refractivity (Wildman–Crippen MR) is 85.8 cm³/mol. The number of benzene rings is 1. The van der Waals surface area contributed by atoms with E-state index in [2.05, 4.69) is 10.1 Å². The summed E-state index contributed by atoms with van der Waals surface area (Å²) in [6.07, 6.45) is -0.511. The van der Waals surface area contributed by atoms with E-state index in [0.29, 0.717) is 12.3 Å². The second-order valence-electron chi connectivity index (χ2n) is 6.52. The van der Waals surface area contributed by atoms with Crippen LogP contribution in [0.5, 0.6) is 0 Å². The van der Waals surface area contributed by atoms with E-state index in [1.807, 2.05) is 0 Å². The van der Waals surface area contributed by atoms with E-state index < -0.39 is 17.8 Å². The van der Waals surface area contributed by atoms with Crippen molar-refractivity contribution in [3.05, 3.63) is 35.7 Å². The van der Waals surface area contributed by atoms with Crippen molar-refractivity contribution in [1.29, 1.82) is 0 Å². The average Bonchev–Trinajstić information content (AvgIpc) is 3.25. The lowest BCUT2D eigenvalue weighted by atomic mass is 10.0. The van der Waals surface area contributed by atoms with Gasteiger partial charge in [-0.15, -0.1) is 0 Å². The van der Waals surface area contributed by atoms with Crippen LogP contribution in [-0.4, -0.2) is 16.1 Å². The largest absolute Gasteiger partial charge is 0.453 e. The normalized spacial score (nSPS) is 16.6. The van der Waals surface area contributed by atoms with Crippen molar-refractivity contribution in [1.82, 2.24) is 10.1 Å². The zero-order valence-electron chi connectivity index (χ0n) is 14.3. The Balaban J connectivity index is 1.66. The van der Waals surface area contributed by atoms with Gasteiger partial charge >= 0.3 is 12.1 Å². The van der Waals surface area contributed by atoms with Gasteiger partial charge in [0.2, 0.25) is 5.82 Å². The molecule has 0 spiro atoms. The zero-order chi connectivity index (χ0) is 18.7. The van der Waals surface area contributed by atoms with Crippen LogP contribution in [0.1, 0.15) is 56.6 Å². The number of alkyl halides is 3. The van der Waals surface area contributed by atoms with E-state index in [9.17, 15) is 18.0 Å². The van der Waals surface area contributed by atoms with E-state index in [4.69, 9.17) is 9.26 Å². The Morgan fingerprint density at radius 2 is 2.08 bits per heavy atom. The number of carbonyl (C=O) groups excluding carboxylic acids is 1. The van der Waals surface area contributed by atoms with Crippen LogP contribution in [0.2, 0.25) is 0 Å². The van der Waals surface area contributed by atoms with Crippen LogP contribution in [0.4, 0.5) is 13.2 Å². The van der Waals surface area contributed by atoms with Crippen LogP contribution in [-0.2, 0) is 15.7 Å². The Labute approximate surface area is 148 Å². The Hall–Kier alpha value is -2.38. The molecule has 1 heterocycles. The number of hydrogen-bond donors (Lipinski definition) is 0. The summed E-state index contributed by atoms with van der Waals surface area (Å²) in [7, 11) is 0. The first-order valence-electron chi connectivity index (χ1n) is 8.53. The lowest BCUT2D eigenvalue weighted by Gasteiger charge is -2.11. The summed E-state index contributed by atoms with van der Waals surface area (Å²) in [6.45, 7) is 1.59. The van der Waals surface area contributed by atoms with Gasteiger partial charge in [-0.2, -0.15) is 18.2 Å². The highest BCUT2D eigenvalue weighted by Gasteiger charge is 2.31. The van der Waals surface area contributed by atoms with Crippen molar-refractivity contribution in [2.24, 2.45) is 5.92 Å². The molecular formula is C18H19F3N2O3. The van der Waals surface area contributed by atoms with Crippen molar-refractivity contribution in [3.8, 4) is 11.4 Å². The summed E-state index contributed by atoms with van der Waals surface area (Å²) in [4.78, 5) is 16.0. The van der Waals surface area contributed by atoms with Gasteiger partial charge in [-0.05, 0) is 37.8 Å². The smallest absolute Gasteiger partial charge is 0.416 e. The molecule has 1 aliphatic rings. The SMILES string of the molecule is CC(OC(=O)CC1CCCC1)c1nc(-c2cccc(C(F)(F)F)c2)no1. The number of hydrogen-bond acceptors (Lipinski definition) is 5. The maximum Gasteiger partial charge on any atom is 0.416 e. The van der Waals surface area contributed by atoms with Gasteiger partial charge in [0.15, 0.2) is 6.10 Å². The Bertz CT molecular complexity index is 767. The standard InChI is InChI=1S/C18H19F3N2O3/c1-11(25-15(24)9-12-5-2-3-6-12)17-22-16(23-26-17)13-7-4-8-14(10-13)18(19,20)21/h4,7-8,10-12H,2-3,5-6,9H2,1H3. The first-order chi connectivity index (χ1) is 12.3. The summed E-state index contributed by atoms with van der Waals surface area (Å²) in [5.41, 5.74) is -0.614. The molecule has 3 rings (SSSR count). The molecule has 5 nitrogen and oxygen atoms in total. The molecule has 140 valence electrons. The maximum absolute atomic E-state index is 12.8. The van der Waals surface area contributed by atoms with Crippen LogP contribution in [0, 0.1) is 5.92 Å². The summed E-state index contributed by atoms with van der Waals surface area (Å²) in [5.74, 6) is 0.100. The van der Waals surface area contributed by atoms with E-state index in [0.717, 1.165) is 37.8 Å². The van der Waals surface area contributed by atoms with Crippen LogP contribution in [0.15, 0.2) is 28.8 Å². The number of carbonyl (C=O) groups is 1. The second kappa shape index (κ2) is 7.47. The van der Waals surface area contributed by atoms with Gasteiger partial charge < -0.3 is 9.26 Å². The minimum atomic E-state index is -4.45. The van der Waals surface area contributed by atoms with Gasteiger partial charge in [-0.25, -0.2) is 0 Å². The highest BCUT2D eigenvalue weighted by molar-refractivity contribution is 5.70. The Morgan fingerprint density at radius 1 is 1.35 bits per heavy atom. The quantitative estimate of drug-likeness (QED) is 0.700. The molecule has 0 N–H and O–H groups in total. The minimum Gasteiger partial charge on any atom is -0.453 e. The van der Waals surface area contributed by atoms with Crippen molar-refractivity contribution < 1.29 is 27.2 Å². The third-order valence-electron chi connectivity index (χ3n) is 4.48. The lowest BCUT2D eigenvalue weighted by molar-refractivity contribution is -0.151. The van der Waals surface area contributed by atoms with Crippen molar-refractivity contribution in [2.75, 3.05) is 0 Å². The fraction of sp³-hybridized carbons (Fsp3) is 0.500. The molecule has 1 aromatic carbocycles. The van der Waals surface area contributed by atoms with Gasteiger partial charge in [0.25, 0.3) is 5.89 Å². The zero-order valence-corrected chi connectivity index (χ0v) is 14.3. The van der Waals surface area contributed by atoms with Crippen molar-refractivity contribution >= 4 is 5.97 Å². The molecule has 8 heteroatoms. The molecule has 1 aliphatic carbocycles. The molecule has 0 radical (unpaired) electrons. The lowest BCUT2D eigenvalue weighted by Crippen LogP contribution is -2.12. The van der Waals surface area contributed by atoms with Crippen molar-refractivity contribution in [3.63, 3.8) is 0 Å². The van der Waals surface area contributed by atoms with E-state index in [-0.39, 0.29) is 23.2 Å². The van der Waals surface area contributed by atoms with Gasteiger partial charge in [-0.1, -0.05) is 30.1 Å². The molecular weight excluding hydrogens is 349 g/mol. The molecule has 0 saturated heterocycles. The first-order valence-corrected chi connectivity index (χ1v) is 8.53. The second-order valence-corrected chi connectivity index (χ2v) is 6.52. The number of ether oxygens (including phenoxy) is 1. The van der Waals surface area contributed by atoms with Crippen molar-refractivity contribution in [2.45, 2.75) is 51.3 Å². The summed E-state index contributed by atoms with van der Waals surface area (Å²) >= 11 is 0. The maximum atomic E-state index is 12.8. The number of nitrogens with zero attached hydrogens (tertiary/aromatic N) is 2. The van der Waals surface area contributed by atoms with E-state index >= 15 is 0 Å². The molecule has 1 unspecified atom stereocenters. The fourth-order valence-electron chi connectivity index (χ4n) is 3.10. The highest BCUT2D eigenvalue weighted by atomic mass is 19.4. The van der Waals surface area contributed by atoms with Crippen LogP contribution in [0.25, 0.3) is 11.4 Å². The molecule has 1 atom stereocenters. The van der Waals surface area contributed by atoms with Gasteiger partial charge in [-0.3, -0.25) is 4.79 Å². The number of esters is 1. The van der Waals surface area contributed by atoms with Crippen LogP contribution in [0.3, 0.4) is 0 Å². The summed E-state index contributed by atoms with van der Waals surface area (Å²) in [6, 6.07) is 4.66. The summed E-state index contributed by atoms with van der Waals surface area (Å²) in [5, 5.41) is 3.70. The summed E-state index contributed by atoms with van der Waals surface area (Å²) < 4.78 is 48.8. The predicted octanol–water partition coefficient (Wildman–Crippen LogP) is 4.94. The molecule has 2 aromatic rings. The number of halogens is 3. The monoisotopic (exact) mass is 368 g/mol. The fourth-order valence-corrected chi connectivity index (χ4v) is 3.10. The highest BCUT2D eigenvalue weighted by Crippen LogP contribution is 2.32. The third kappa shape index (κ3) is 4.42. The topological polar surface area (TPSA) is 65.2 Å². The molecule has 1 fully saturated rings. The van der Waals surface area contributed by atoms with E-state index in [1.165, 1.54) is 12.1 Å². The molecule has 0 amide bonds. The van der Waals surface area contributed by atoms with Crippen LogP contribution < -0.4 is 0 Å². The molecule has 1 saturated carbocycles. The Kier molecular flexibility index (Phi) is 5.29. The van der Waals surface area contributed by atoms with Gasteiger partial charge in [0.1, 0.15) is 0 Å². The van der Waals surface area contributed by atoms with E-state index in [1.54, 1.807) is 6.92 Å². The first kappa shape index (κ1) is 18.4. The molecule has 26 heavy (non-hydrogen) atoms. The molecule has 0 bridgehead atoms. The van der Waals surface area contributed by atoms with Gasteiger partial charge in [0, 0.05) is 12.0 Å². The number of aromatic nitrogens is 2. The van der Waals surface area contributed by atoms with Gasteiger partial charge in [0.05, 0.1) is 5.56 Å². The third-order valence-corrected chi connectivity index (χ3v) is 4.48. The molecule has 0 aliphatic heterocycles. The molecule has 1 aromatic heterocycles. The average molecular weight is 368 g/mol. The Morgan fingerprint density at radius 3 is 2.77 bits per heavy atom.